The first-order valence-corrected chi connectivity index (χ1v) is 10.8. The Morgan fingerprint density at radius 1 is 0.591 bits per heavy atom. The molecule has 5 heteroatoms. The summed E-state index contributed by atoms with van der Waals surface area (Å²) in [5.41, 5.74) is 0. The maximum absolute atomic E-state index is 5.72. The average Bonchev–Trinajstić information content (AvgIpc) is 2.55. The van der Waals surface area contributed by atoms with Crippen LogP contribution in [-0.2, 0) is 17.7 Å². The van der Waals surface area contributed by atoms with Crippen LogP contribution in [0.25, 0.3) is 0 Å². The summed E-state index contributed by atoms with van der Waals surface area (Å²) in [4.78, 5) is 0. The number of unbranched alkanes of at least 4 members (excludes halogenated alkanes) is 10. The predicted octanol–water partition coefficient (Wildman–Crippen LogP) is 5.08. The molecule has 0 unspecified atom stereocenters. The third kappa shape index (κ3) is 11.6. The van der Waals surface area contributed by atoms with Crippen molar-refractivity contribution in [3.63, 3.8) is 0 Å². The van der Waals surface area contributed by atoms with Crippen molar-refractivity contribution >= 4 is 9.05 Å². The van der Waals surface area contributed by atoms with Gasteiger partial charge in [0.05, 0.1) is 0 Å². The smallest absolute Gasteiger partial charge is 0.355 e. The van der Waals surface area contributed by atoms with Crippen molar-refractivity contribution in [2.75, 3.05) is 27.4 Å². The molecule has 0 aromatic rings. The quantitative estimate of drug-likeness (QED) is 0.274. The topological polar surface area (TPSA) is 36.9 Å². The van der Waals surface area contributed by atoms with E-state index >= 15 is 0 Å². The van der Waals surface area contributed by atoms with Gasteiger partial charge in [-0.2, -0.15) is 0 Å². The van der Waals surface area contributed by atoms with Crippen LogP contribution in [0.3, 0.4) is 0 Å². The summed E-state index contributed by atoms with van der Waals surface area (Å²) in [6.45, 7) is 5.40. The van der Waals surface area contributed by atoms with E-state index in [2.05, 4.69) is 6.92 Å². The second kappa shape index (κ2) is 15.9. The first-order chi connectivity index (χ1) is 10.7. The van der Waals surface area contributed by atoms with Gasteiger partial charge in [-0.15, -0.1) is 0 Å². The van der Waals surface area contributed by atoms with Crippen LogP contribution >= 0.6 is 0 Å². The molecule has 4 nitrogen and oxygen atoms in total. The standard InChI is InChI=1S/C17H38O4Si/c1-5-7-8-9-10-11-12-13-14-15-16-17-21-22(18-3,19-4)20-6-2/h5-17H2,1-4H3. The summed E-state index contributed by atoms with van der Waals surface area (Å²) in [6, 6.07) is 0. The van der Waals surface area contributed by atoms with Crippen LogP contribution in [0.5, 0.6) is 0 Å². The zero-order chi connectivity index (χ0) is 16.5. The Balaban J connectivity index is 3.38. The maximum atomic E-state index is 5.72. The molecular formula is C17H38O4Si. The molecule has 0 aromatic carbocycles. The largest absolute Gasteiger partial charge is 0.679 e. The number of hydrogen-bond donors (Lipinski definition) is 0. The highest BCUT2D eigenvalue weighted by Gasteiger charge is 2.42. The molecule has 0 radical (unpaired) electrons. The minimum atomic E-state index is -2.84. The van der Waals surface area contributed by atoms with Gasteiger partial charge in [-0.1, -0.05) is 71.1 Å². The second-order valence-electron chi connectivity index (χ2n) is 5.73. The van der Waals surface area contributed by atoms with Gasteiger partial charge in [0.25, 0.3) is 0 Å². The summed E-state index contributed by atoms with van der Waals surface area (Å²) < 4.78 is 21.8. The molecule has 0 atom stereocenters. The van der Waals surface area contributed by atoms with E-state index in [4.69, 9.17) is 17.7 Å². The lowest BCUT2D eigenvalue weighted by Crippen LogP contribution is -2.47. The molecule has 0 fully saturated rings. The Morgan fingerprint density at radius 2 is 1.05 bits per heavy atom. The molecule has 0 aromatic heterocycles. The minimum Gasteiger partial charge on any atom is -0.355 e. The normalized spacial score (nSPS) is 12.0. The highest BCUT2D eigenvalue weighted by Crippen LogP contribution is 2.13. The molecule has 22 heavy (non-hydrogen) atoms. The minimum absolute atomic E-state index is 0.548. The van der Waals surface area contributed by atoms with Crippen LogP contribution in [0.1, 0.15) is 84.5 Å². The summed E-state index contributed by atoms with van der Waals surface area (Å²) in [5, 5.41) is 0. The van der Waals surface area contributed by atoms with E-state index < -0.39 is 9.05 Å². The zero-order valence-corrected chi connectivity index (χ0v) is 16.3. The van der Waals surface area contributed by atoms with E-state index in [-0.39, 0.29) is 0 Å². The SMILES string of the molecule is CCCCCCCCCCCCCO[Si](OC)(OC)OCC. The number of rotatable bonds is 17. The van der Waals surface area contributed by atoms with E-state index in [1.165, 1.54) is 64.2 Å². The molecule has 0 N–H and O–H groups in total. The first kappa shape index (κ1) is 22.1. The molecule has 0 aliphatic rings. The fraction of sp³-hybridized carbons (Fsp3) is 1.00. The summed E-state index contributed by atoms with van der Waals surface area (Å²) >= 11 is 0. The van der Waals surface area contributed by atoms with Gasteiger partial charge in [-0.05, 0) is 13.3 Å². The van der Waals surface area contributed by atoms with E-state index in [1.807, 2.05) is 6.92 Å². The third-order valence-corrected chi connectivity index (χ3v) is 6.05. The Morgan fingerprint density at radius 3 is 1.45 bits per heavy atom. The van der Waals surface area contributed by atoms with Crippen LogP contribution < -0.4 is 0 Å². The molecule has 0 spiro atoms. The van der Waals surface area contributed by atoms with Crippen molar-refractivity contribution in [2.45, 2.75) is 84.5 Å². The predicted molar refractivity (Wildman–Crippen MR) is 93.8 cm³/mol. The van der Waals surface area contributed by atoms with Gasteiger partial charge >= 0.3 is 9.05 Å². The molecule has 0 heterocycles. The van der Waals surface area contributed by atoms with E-state index in [0.29, 0.717) is 13.2 Å². The molecule has 0 bridgehead atoms. The van der Waals surface area contributed by atoms with Crippen molar-refractivity contribution in [1.82, 2.24) is 0 Å². The second-order valence-corrected chi connectivity index (χ2v) is 8.12. The van der Waals surface area contributed by atoms with Crippen molar-refractivity contribution in [1.29, 1.82) is 0 Å². The van der Waals surface area contributed by atoms with Crippen LogP contribution in [0.15, 0.2) is 0 Å². The molecular weight excluding hydrogens is 296 g/mol. The first-order valence-electron chi connectivity index (χ1n) is 9.12. The van der Waals surface area contributed by atoms with Gasteiger partial charge in [-0.25, -0.2) is 0 Å². The van der Waals surface area contributed by atoms with Gasteiger partial charge < -0.3 is 17.7 Å². The van der Waals surface area contributed by atoms with Crippen LogP contribution in [0.4, 0.5) is 0 Å². The lowest BCUT2D eigenvalue weighted by atomic mass is 10.1. The fourth-order valence-corrected chi connectivity index (χ4v) is 3.97. The van der Waals surface area contributed by atoms with E-state index in [0.717, 1.165) is 6.42 Å². The Kier molecular flexibility index (Phi) is 16.0. The van der Waals surface area contributed by atoms with Crippen LogP contribution in [0.2, 0.25) is 0 Å². The third-order valence-electron chi connectivity index (χ3n) is 3.85. The van der Waals surface area contributed by atoms with E-state index in [9.17, 15) is 0 Å². The lowest BCUT2D eigenvalue weighted by molar-refractivity contribution is -0.00671. The molecule has 0 aliphatic heterocycles. The Labute approximate surface area is 139 Å². The van der Waals surface area contributed by atoms with Gasteiger partial charge in [0.15, 0.2) is 0 Å². The van der Waals surface area contributed by atoms with Crippen LogP contribution in [0, 0.1) is 0 Å². The highest BCUT2D eigenvalue weighted by atomic mass is 28.4. The maximum Gasteiger partial charge on any atom is 0.679 e. The van der Waals surface area contributed by atoms with Crippen LogP contribution in [-0.4, -0.2) is 36.5 Å². The Bertz CT molecular complexity index is 223. The molecule has 134 valence electrons. The molecule has 0 rings (SSSR count). The van der Waals surface area contributed by atoms with Gasteiger partial charge in [-0.3, -0.25) is 0 Å². The molecule has 0 saturated heterocycles. The van der Waals surface area contributed by atoms with Gasteiger partial charge in [0, 0.05) is 27.4 Å². The molecule has 0 saturated carbocycles. The summed E-state index contributed by atoms with van der Waals surface area (Å²) in [7, 11) is 0.338. The average molecular weight is 335 g/mol. The monoisotopic (exact) mass is 334 g/mol. The Hall–Kier alpha value is 0.0569. The van der Waals surface area contributed by atoms with Gasteiger partial charge in [0.1, 0.15) is 0 Å². The fourth-order valence-electron chi connectivity index (χ4n) is 2.50. The summed E-state index contributed by atoms with van der Waals surface area (Å²) in [6.07, 6.45) is 14.6. The molecule has 0 amide bonds. The zero-order valence-electron chi connectivity index (χ0n) is 15.3. The van der Waals surface area contributed by atoms with Crippen molar-refractivity contribution in [3.05, 3.63) is 0 Å². The summed E-state index contributed by atoms with van der Waals surface area (Å²) in [5.74, 6) is 0. The van der Waals surface area contributed by atoms with Crippen molar-refractivity contribution < 1.29 is 17.7 Å². The highest BCUT2D eigenvalue weighted by molar-refractivity contribution is 6.53. The van der Waals surface area contributed by atoms with Crippen molar-refractivity contribution in [3.8, 4) is 0 Å². The molecule has 0 aliphatic carbocycles. The van der Waals surface area contributed by atoms with Crippen molar-refractivity contribution in [2.24, 2.45) is 0 Å². The van der Waals surface area contributed by atoms with Gasteiger partial charge in [0.2, 0.25) is 0 Å². The van der Waals surface area contributed by atoms with E-state index in [1.54, 1.807) is 14.2 Å². The lowest BCUT2D eigenvalue weighted by Gasteiger charge is -2.24. The number of hydrogen-bond acceptors (Lipinski definition) is 4.